The van der Waals surface area contributed by atoms with Crippen molar-refractivity contribution >= 4 is 29.9 Å². The Labute approximate surface area is 205 Å². The normalized spacial score (nSPS) is 23.9. The number of sulfone groups is 2. The highest BCUT2D eigenvalue weighted by molar-refractivity contribution is 7.92. The van der Waals surface area contributed by atoms with Crippen molar-refractivity contribution in [3.63, 3.8) is 0 Å². The van der Waals surface area contributed by atoms with E-state index < -0.39 is 53.4 Å². The van der Waals surface area contributed by atoms with Crippen LogP contribution < -0.4 is 5.73 Å². The molecule has 0 bridgehead atoms. The fraction of sp³-hybridized carbons (Fsp3) is 0.476. The molecular formula is C21H27FN4O6S3. The smallest absolute Gasteiger partial charge is 0.282 e. The lowest BCUT2D eigenvalue weighted by molar-refractivity contribution is 0.341. The number of hydrogen-bond acceptors (Lipinski definition) is 8. The van der Waals surface area contributed by atoms with Crippen molar-refractivity contribution in [2.24, 2.45) is 5.73 Å². The Kier molecular flexibility index (Phi) is 7.33. The SMILES string of the molecule is NCc1ccnc(S(=O)(=O)C[C@@H]2C[C@H](c3ccccc3F)CN2S(=O)(=O)N2CCS(=O)(=O)CC2)c1. The summed E-state index contributed by atoms with van der Waals surface area (Å²) in [7, 11) is -11.6. The number of rotatable bonds is 7. The van der Waals surface area contributed by atoms with E-state index in [1.807, 2.05) is 0 Å². The molecule has 4 rings (SSSR count). The van der Waals surface area contributed by atoms with Crippen LogP contribution in [0.15, 0.2) is 47.6 Å². The first-order chi connectivity index (χ1) is 16.4. The van der Waals surface area contributed by atoms with E-state index in [-0.39, 0.29) is 49.1 Å². The van der Waals surface area contributed by atoms with Crippen LogP contribution in [0.5, 0.6) is 0 Å². The van der Waals surface area contributed by atoms with E-state index >= 15 is 0 Å². The number of nitrogens with two attached hydrogens (primary N) is 1. The first-order valence-electron chi connectivity index (χ1n) is 11.0. The Morgan fingerprint density at radius 2 is 1.77 bits per heavy atom. The topological polar surface area (TPSA) is 148 Å². The van der Waals surface area contributed by atoms with Gasteiger partial charge in [0.25, 0.3) is 10.2 Å². The summed E-state index contributed by atoms with van der Waals surface area (Å²) in [6.07, 6.45) is 1.41. The van der Waals surface area contributed by atoms with Crippen molar-refractivity contribution in [1.29, 1.82) is 0 Å². The average Bonchev–Trinajstić information content (AvgIpc) is 3.22. The molecule has 1 aromatic heterocycles. The molecule has 2 aliphatic rings. The third-order valence-electron chi connectivity index (χ3n) is 6.40. The van der Waals surface area contributed by atoms with Crippen LogP contribution in [0, 0.1) is 5.82 Å². The Balaban J connectivity index is 1.67. The van der Waals surface area contributed by atoms with Gasteiger partial charge in [-0.1, -0.05) is 18.2 Å². The average molecular weight is 547 g/mol. The molecule has 0 aliphatic carbocycles. The Hall–Kier alpha value is -1.97. The molecule has 1 aromatic carbocycles. The zero-order valence-electron chi connectivity index (χ0n) is 18.8. The molecule has 3 heterocycles. The maximum atomic E-state index is 14.5. The molecule has 2 aromatic rings. The second-order valence-electron chi connectivity index (χ2n) is 8.72. The largest absolute Gasteiger partial charge is 0.326 e. The van der Waals surface area contributed by atoms with Crippen LogP contribution in [0.2, 0.25) is 0 Å². The minimum atomic E-state index is -4.21. The van der Waals surface area contributed by atoms with Gasteiger partial charge in [0, 0.05) is 44.3 Å². The summed E-state index contributed by atoms with van der Waals surface area (Å²) in [5, 5.41) is -0.212. The lowest BCUT2D eigenvalue weighted by Gasteiger charge is -2.32. The minimum absolute atomic E-state index is 0.0854. The van der Waals surface area contributed by atoms with Crippen LogP contribution in [-0.4, -0.2) is 81.8 Å². The third kappa shape index (κ3) is 5.57. The van der Waals surface area contributed by atoms with Gasteiger partial charge in [-0.05, 0) is 35.7 Å². The molecule has 0 radical (unpaired) electrons. The number of benzene rings is 1. The summed E-state index contributed by atoms with van der Waals surface area (Å²) >= 11 is 0. The van der Waals surface area contributed by atoms with Gasteiger partial charge in [0.15, 0.2) is 24.7 Å². The first kappa shape index (κ1) is 26.1. The monoisotopic (exact) mass is 546 g/mol. The molecule has 0 unspecified atom stereocenters. The third-order valence-corrected chi connectivity index (χ3v) is 11.8. The zero-order chi connectivity index (χ0) is 25.4. The summed E-state index contributed by atoms with van der Waals surface area (Å²) < 4.78 is 93.8. The van der Waals surface area contributed by atoms with Crippen molar-refractivity contribution in [3.8, 4) is 0 Å². The van der Waals surface area contributed by atoms with Crippen molar-refractivity contribution in [1.82, 2.24) is 13.6 Å². The number of nitrogens with zero attached hydrogens (tertiary/aromatic N) is 3. The van der Waals surface area contributed by atoms with Gasteiger partial charge in [0.2, 0.25) is 0 Å². The number of aromatic nitrogens is 1. The van der Waals surface area contributed by atoms with Crippen LogP contribution in [0.3, 0.4) is 0 Å². The maximum Gasteiger partial charge on any atom is 0.282 e. The predicted molar refractivity (Wildman–Crippen MR) is 128 cm³/mol. The summed E-state index contributed by atoms with van der Waals surface area (Å²) in [6.45, 7) is -0.443. The van der Waals surface area contributed by atoms with Crippen molar-refractivity contribution in [2.45, 2.75) is 30.0 Å². The molecule has 192 valence electrons. The summed E-state index contributed by atoms with van der Waals surface area (Å²) in [5.74, 6) is -2.24. The van der Waals surface area contributed by atoms with Crippen LogP contribution >= 0.6 is 0 Å². The van der Waals surface area contributed by atoms with Crippen molar-refractivity contribution in [3.05, 3.63) is 59.5 Å². The van der Waals surface area contributed by atoms with Gasteiger partial charge < -0.3 is 5.73 Å². The highest BCUT2D eigenvalue weighted by Crippen LogP contribution is 2.37. The molecule has 2 N–H and O–H groups in total. The van der Waals surface area contributed by atoms with Crippen LogP contribution in [0.1, 0.15) is 23.5 Å². The zero-order valence-corrected chi connectivity index (χ0v) is 21.3. The van der Waals surface area contributed by atoms with E-state index in [1.165, 1.54) is 24.4 Å². The highest BCUT2D eigenvalue weighted by Gasteiger charge is 2.46. The molecule has 0 saturated carbocycles. The Morgan fingerprint density at radius 3 is 2.43 bits per heavy atom. The van der Waals surface area contributed by atoms with E-state index in [4.69, 9.17) is 5.73 Å². The van der Waals surface area contributed by atoms with Gasteiger partial charge >= 0.3 is 0 Å². The fourth-order valence-corrected chi connectivity index (χ4v) is 9.43. The van der Waals surface area contributed by atoms with E-state index in [1.54, 1.807) is 18.2 Å². The van der Waals surface area contributed by atoms with E-state index in [0.717, 1.165) is 8.61 Å². The predicted octanol–water partition coefficient (Wildman–Crippen LogP) is 0.286. The molecular weight excluding hydrogens is 519 g/mol. The van der Waals surface area contributed by atoms with Gasteiger partial charge in [-0.15, -0.1) is 0 Å². The molecule has 2 atom stereocenters. The summed E-state index contributed by atoms with van der Waals surface area (Å²) in [5.41, 5.74) is 6.48. The summed E-state index contributed by atoms with van der Waals surface area (Å²) in [4.78, 5) is 3.94. The molecule has 2 fully saturated rings. The maximum absolute atomic E-state index is 14.5. The number of hydrogen-bond donors (Lipinski definition) is 1. The molecule has 14 heteroatoms. The van der Waals surface area contributed by atoms with Gasteiger partial charge in [-0.2, -0.15) is 17.0 Å². The second-order valence-corrected chi connectivity index (χ2v) is 14.9. The highest BCUT2D eigenvalue weighted by atomic mass is 32.2. The fourth-order valence-electron chi connectivity index (χ4n) is 4.51. The van der Waals surface area contributed by atoms with Gasteiger partial charge in [0.05, 0.1) is 17.3 Å². The van der Waals surface area contributed by atoms with Crippen LogP contribution in [-0.2, 0) is 36.4 Å². The van der Waals surface area contributed by atoms with Crippen molar-refractivity contribution in [2.75, 3.05) is 36.9 Å². The molecule has 10 nitrogen and oxygen atoms in total. The van der Waals surface area contributed by atoms with Gasteiger partial charge in [-0.25, -0.2) is 26.2 Å². The Bertz CT molecular complexity index is 1400. The van der Waals surface area contributed by atoms with E-state index in [2.05, 4.69) is 4.98 Å². The summed E-state index contributed by atoms with van der Waals surface area (Å²) in [6, 6.07) is 7.94. The molecule has 0 spiro atoms. The lowest BCUT2D eigenvalue weighted by Crippen LogP contribution is -2.52. The van der Waals surface area contributed by atoms with E-state index in [0.29, 0.717) is 11.1 Å². The quantitative estimate of drug-likeness (QED) is 0.521. The van der Waals surface area contributed by atoms with E-state index in [9.17, 15) is 29.6 Å². The molecule has 2 aliphatic heterocycles. The molecule has 0 amide bonds. The van der Waals surface area contributed by atoms with Crippen LogP contribution in [0.4, 0.5) is 4.39 Å². The Morgan fingerprint density at radius 1 is 1.09 bits per heavy atom. The van der Waals surface area contributed by atoms with Crippen molar-refractivity contribution < 1.29 is 29.6 Å². The second kappa shape index (κ2) is 9.82. The minimum Gasteiger partial charge on any atom is -0.326 e. The lowest BCUT2D eigenvalue weighted by atomic mass is 9.96. The number of pyridine rings is 1. The standard InChI is InChI=1S/C21H27FN4O6S3/c22-20-4-2-1-3-19(20)17-12-18(15-34(29,30)21-11-16(13-23)5-6-24-21)26(14-17)35(31,32)25-7-9-33(27,28)10-8-25/h1-6,11,17-18H,7-10,12-15,23H2/t17-,18-/m0/s1. The molecule has 35 heavy (non-hydrogen) atoms. The van der Waals surface area contributed by atoms with Gasteiger partial charge in [-0.3, -0.25) is 0 Å². The molecule has 2 saturated heterocycles. The first-order valence-corrected chi connectivity index (χ1v) is 15.9. The number of halogens is 1. The van der Waals surface area contributed by atoms with Gasteiger partial charge in [0.1, 0.15) is 5.82 Å². The van der Waals surface area contributed by atoms with Crippen LogP contribution in [0.25, 0.3) is 0 Å².